The smallest absolute Gasteiger partial charge is 0.260 e. The fraction of sp³-hybridized carbons (Fsp3) is 0.238. The third-order valence-electron chi connectivity index (χ3n) is 3.86. The van der Waals surface area contributed by atoms with Gasteiger partial charge in [0.15, 0.2) is 5.78 Å². The third-order valence-corrected chi connectivity index (χ3v) is 3.86. The van der Waals surface area contributed by atoms with Crippen LogP contribution in [0.1, 0.15) is 19.8 Å². The Bertz CT molecular complexity index is 830. The number of carbonyl (C=O) groups excluding carboxylic acids is 2. The molecule has 0 aliphatic rings. The fourth-order valence-electron chi connectivity index (χ4n) is 2.49. The maximum atomic E-state index is 12.7. The number of anilines is 2. The van der Waals surface area contributed by atoms with Crippen molar-refractivity contribution in [1.82, 2.24) is 0 Å². The van der Waals surface area contributed by atoms with Crippen LogP contribution in [0, 0.1) is 0 Å². The molecule has 2 aromatic rings. The maximum absolute atomic E-state index is 12.7. The minimum absolute atomic E-state index is 0.0358. The van der Waals surface area contributed by atoms with Crippen molar-refractivity contribution in [2.45, 2.75) is 19.8 Å². The highest BCUT2D eigenvalue weighted by molar-refractivity contribution is 6.23. The van der Waals surface area contributed by atoms with E-state index in [1.165, 1.54) is 13.3 Å². The van der Waals surface area contributed by atoms with Crippen molar-refractivity contribution < 1.29 is 19.1 Å². The minimum Gasteiger partial charge on any atom is -0.495 e. The largest absolute Gasteiger partial charge is 0.495 e. The molecule has 0 fully saturated rings. The van der Waals surface area contributed by atoms with E-state index in [2.05, 4.69) is 10.6 Å². The summed E-state index contributed by atoms with van der Waals surface area (Å²) in [6.07, 6.45) is 2.34. The summed E-state index contributed by atoms with van der Waals surface area (Å²) in [7, 11) is 3.08. The Labute approximate surface area is 159 Å². The van der Waals surface area contributed by atoms with Crippen LogP contribution in [0.5, 0.6) is 11.5 Å². The van der Waals surface area contributed by atoms with E-state index < -0.39 is 5.91 Å². The Morgan fingerprint density at radius 3 is 2.07 bits per heavy atom. The van der Waals surface area contributed by atoms with Gasteiger partial charge in [-0.2, -0.15) is 0 Å². The van der Waals surface area contributed by atoms with Crippen molar-refractivity contribution in [3.05, 3.63) is 60.3 Å². The zero-order valence-electron chi connectivity index (χ0n) is 15.7. The van der Waals surface area contributed by atoms with Gasteiger partial charge in [0.1, 0.15) is 11.5 Å². The van der Waals surface area contributed by atoms with Crippen molar-refractivity contribution in [1.29, 1.82) is 0 Å². The number of carbonyl (C=O) groups is 2. The van der Waals surface area contributed by atoms with Gasteiger partial charge >= 0.3 is 0 Å². The lowest BCUT2D eigenvalue weighted by Crippen LogP contribution is -2.22. The molecule has 142 valence electrons. The second-order valence-corrected chi connectivity index (χ2v) is 5.73. The summed E-state index contributed by atoms with van der Waals surface area (Å²) in [5, 5.41) is 5.74. The Morgan fingerprint density at radius 1 is 0.926 bits per heavy atom. The van der Waals surface area contributed by atoms with Gasteiger partial charge in [-0.3, -0.25) is 9.59 Å². The minimum atomic E-state index is -0.500. The number of hydrogen-bond acceptors (Lipinski definition) is 5. The zero-order valence-corrected chi connectivity index (χ0v) is 15.7. The van der Waals surface area contributed by atoms with Crippen molar-refractivity contribution in [3.8, 4) is 11.5 Å². The molecule has 6 heteroatoms. The van der Waals surface area contributed by atoms with E-state index in [1.807, 2.05) is 19.1 Å². The second kappa shape index (κ2) is 10.0. The number of methoxy groups -OCH3 is 2. The molecular formula is C21H24N2O4. The molecule has 0 heterocycles. The number of ether oxygens (including phenoxy) is 2. The van der Waals surface area contributed by atoms with E-state index in [9.17, 15) is 9.59 Å². The van der Waals surface area contributed by atoms with Crippen molar-refractivity contribution in [3.63, 3.8) is 0 Å². The number of Topliss-reactive ketones (excluding diaryl/α,β-unsaturated/α-hetero) is 1. The highest BCUT2D eigenvalue weighted by Crippen LogP contribution is 2.25. The average Bonchev–Trinajstić information content (AvgIpc) is 2.69. The molecule has 0 saturated heterocycles. The zero-order chi connectivity index (χ0) is 19.6. The SMILES string of the molecule is CCCC(=O)C(=CNc1ccccc1OC)C(=O)Nc1ccccc1OC. The van der Waals surface area contributed by atoms with E-state index >= 15 is 0 Å². The summed E-state index contributed by atoms with van der Waals surface area (Å²) in [5.41, 5.74) is 1.19. The molecule has 2 rings (SSSR count). The number of rotatable bonds is 9. The molecule has 0 bridgehead atoms. The second-order valence-electron chi connectivity index (χ2n) is 5.73. The summed E-state index contributed by atoms with van der Waals surface area (Å²) >= 11 is 0. The lowest BCUT2D eigenvalue weighted by molar-refractivity contribution is -0.120. The number of para-hydroxylation sites is 4. The van der Waals surface area contributed by atoms with Crippen LogP contribution in [-0.2, 0) is 9.59 Å². The number of nitrogens with one attached hydrogen (secondary N) is 2. The fourth-order valence-corrected chi connectivity index (χ4v) is 2.49. The van der Waals surface area contributed by atoms with E-state index in [1.54, 1.807) is 43.5 Å². The molecule has 0 atom stereocenters. The number of benzene rings is 2. The molecular weight excluding hydrogens is 344 g/mol. The van der Waals surface area contributed by atoms with Crippen molar-refractivity contribution in [2.24, 2.45) is 0 Å². The lowest BCUT2D eigenvalue weighted by atomic mass is 10.1. The topological polar surface area (TPSA) is 76.7 Å². The van der Waals surface area contributed by atoms with E-state index in [-0.39, 0.29) is 17.8 Å². The van der Waals surface area contributed by atoms with Crippen LogP contribution in [-0.4, -0.2) is 25.9 Å². The summed E-state index contributed by atoms with van der Waals surface area (Å²) < 4.78 is 10.5. The van der Waals surface area contributed by atoms with Gasteiger partial charge in [0.25, 0.3) is 5.91 Å². The molecule has 6 nitrogen and oxygen atoms in total. The molecule has 0 aromatic heterocycles. The molecule has 0 spiro atoms. The normalized spacial score (nSPS) is 10.9. The van der Waals surface area contributed by atoms with Crippen LogP contribution < -0.4 is 20.1 Å². The monoisotopic (exact) mass is 368 g/mol. The highest BCUT2D eigenvalue weighted by Gasteiger charge is 2.19. The van der Waals surface area contributed by atoms with Crippen LogP contribution in [0.15, 0.2) is 60.3 Å². The van der Waals surface area contributed by atoms with Crippen LogP contribution in [0.2, 0.25) is 0 Å². The predicted octanol–water partition coefficient (Wildman–Crippen LogP) is 4.01. The van der Waals surface area contributed by atoms with Gasteiger partial charge in [0, 0.05) is 12.6 Å². The first kappa shape index (κ1) is 20.0. The maximum Gasteiger partial charge on any atom is 0.260 e. The quantitative estimate of drug-likeness (QED) is 0.397. The van der Waals surface area contributed by atoms with E-state index in [0.29, 0.717) is 29.3 Å². The van der Waals surface area contributed by atoms with Gasteiger partial charge in [0.2, 0.25) is 0 Å². The number of amides is 1. The van der Waals surface area contributed by atoms with Crippen molar-refractivity contribution in [2.75, 3.05) is 24.9 Å². The number of hydrogen-bond donors (Lipinski definition) is 2. The standard InChI is InChI=1S/C21H24N2O4/c1-4-9-18(24)15(14-22-16-10-5-7-12-19(16)26-2)21(25)23-17-11-6-8-13-20(17)27-3/h5-8,10-14,22H,4,9H2,1-3H3,(H,23,25). The predicted molar refractivity (Wildman–Crippen MR) is 106 cm³/mol. The Morgan fingerprint density at radius 2 is 1.48 bits per heavy atom. The molecule has 2 aromatic carbocycles. The van der Waals surface area contributed by atoms with Crippen molar-refractivity contribution >= 4 is 23.1 Å². The number of ketones is 1. The molecule has 0 aliphatic heterocycles. The van der Waals surface area contributed by atoms with Gasteiger partial charge in [-0.25, -0.2) is 0 Å². The van der Waals surface area contributed by atoms with Gasteiger partial charge < -0.3 is 20.1 Å². The summed E-state index contributed by atoms with van der Waals surface area (Å²) in [5.74, 6) is 0.389. The third kappa shape index (κ3) is 5.34. The van der Waals surface area contributed by atoms with Crippen LogP contribution in [0.25, 0.3) is 0 Å². The van der Waals surface area contributed by atoms with Gasteiger partial charge in [0.05, 0.1) is 31.2 Å². The Hall–Kier alpha value is -3.28. The highest BCUT2D eigenvalue weighted by atomic mass is 16.5. The molecule has 0 unspecified atom stereocenters. The first-order valence-corrected chi connectivity index (χ1v) is 8.68. The molecule has 0 radical (unpaired) electrons. The lowest BCUT2D eigenvalue weighted by Gasteiger charge is -2.12. The van der Waals surface area contributed by atoms with E-state index in [4.69, 9.17) is 9.47 Å². The summed E-state index contributed by atoms with van der Waals surface area (Å²) in [6.45, 7) is 1.89. The molecule has 0 saturated carbocycles. The Kier molecular flexibility index (Phi) is 7.43. The Balaban J connectivity index is 2.27. The molecule has 0 aliphatic carbocycles. The molecule has 2 N–H and O–H groups in total. The van der Waals surface area contributed by atoms with Gasteiger partial charge in [-0.05, 0) is 30.7 Å². The first-order chi connectivity index (χ1) is 13.1. The van der Waals surface area contributed by atoms with Crippen LogP contribution in [0.3, 0.4) is 0 Å². The summed E-state index contributed by atoms with van der Waals surface area (Å²) in [4.78, 5) is 25.2. The van der Waals surface area contributed by atoms with Gasteiger partial charge in [-0.15, -0.1) is 0 Å². The summed E-state index contributed by atoms with van der Waals surface area (Å²) in [6, 6.07) is 14.3. The van der Waals surface area contributed by atoms with Crippen LogP contribution in [0.4, 0.5) is 11.4 Å². The van der Waals surface area contributed by atoms with Crippen LogP contribution >= 0.6 is 0 Å². The van der Waals surface area contributed by atoms with Gasteiger partial charge in [-0.1, -0.05) is 31.2 Å². The average molecular weight is 368 g/mol. The first-order valence-electron chi connectivity index (χ1n) is 8.68. The molecule has 27 heavy (non-hydrogen) atoms. The molecule has 1 amide bonds. The van der Waals surface area contributed by atoms with E-state index in [0.717, 1.165) is 0 Å².